The van der Waals surface area contributed by atoms with Gasteiger partial charge in [-0.1, -0.05) is 84.0 Å². The molecular formula is C30H54O6. The van der Waals surface area contributed by atoms with Gasteiger partial charge in [-0.2, -0.15) is 0 Å². The molecule has 2 fully saturated rings. The summed E-state index contributed by atoms with van der Waals surface area (Å²) in [5, 5.41) is 21.1. The van der Waals surface area contributed by atoms with E-state index in [0.29, 0.717) is 12.8 Å². The smallest absolute Gasteiger partial charge is 0.309 e. The minimum Gasteiger partial charge on any atom is -0.462 e. The van der Waals surface area contributed by atoms with Gasteiger partial charge in [0.05, 0.1) is 30.3 Å². The molecule has 6 nitrogen and oxygen atoms in total. The van der Waals surface area contributed by atoms with Crippen molar-refractivity contribution < 1.29 is 29.3 Å². The number of ether oxygens (including phenoxy) is 2. The Morgan fingerprint density at radius 2 is 1.33 bits per heavy atom. The number of cyclic esters (lactones) is 1. The highest BCUT2D eigenvalue weighted by Gasteiger charge is 2.35. The fourth-order valence-corrected chi connectivity index (χ4v) is 5.78. The number of aliphatic hydroxyl groups excluding tert-OH is 2. The maximum absolute atomic E-state index is 11.8. The third-order valence-corrected chi connectivity index (χ3v) is 8.02. The highest BCUT2D eigenvalue weighted by Crippen LogP contribution is 2.29. The molecule has 0 aromatic carbocycles. The quantitative estimate of drug-likeness (QED) is 0.137. The molecule has 2 saturated heterocycles. The Morgan fingerprint density at radius 1 is 0.833 bits per heavy atom. The summed E-state index contributed by atoms with van der Waals surface area (Å²) in [6.45, 7) is 3.77. The second kappa shape index (κ2) is 18.3. The van der Waals surface area contributed by atoms with Gasteiger partial charge >= 0.3 is 5.97 Å². The fourth-order valence-electron chi connectivity index (χ4n) is 5.78. The second-order valence-electron chi connectivity index (χ2n) is 11.4. The molecule has 0 amide bonds. The highest BCUT2D eigenvalue weighted by molar-refractivity contribution is 5.83. The minimum absolute atomic E-state index is 0.0433. The van der Waals surface area contributed by atoms with E-state index in [1.807, 2.05) is 0 Å². The van der Waals surface area contributed by atoms with Crippen molar-refractivity contribution in [2.24, 2.45) is 5.92 Å². The molecule has 36 heavy (non-hydrogen) atoms. The van der Waals surface area contributed by atoms with Crippen molar-refractivity contribution in [2.75, 3.05) is 0 Å². The van der Waals surface area contributed by atoms with E-state index in [9.17, 15) is 19.8 Å². The lowest BCUT2D eigenvalue weighted by Crippen LogP contribution is -2.31. The summed E-state index contributed by atoms with van der Waals surface area (Å²) >= 11 is 0. The summed E-state index contributed by atoms with van der Waals surface area (Å²) in [6, 6.07) is 0. The van der Waals surface area contributed by atoms with E-state index in [2.05, 4.69) is 6.92 Å². The van der Waals surface area contributed by atoms with Gasteiger partial charge in [0.25, 0.3) is 0 Å². The van der Waals surface area contributed by atoms with Crippen LogP contribution in [0.3, 0.4) is 0 Å². The van der Waals surface area contributed by atoms with E-state index < -0.39 is 12.2 Å². The number of ketones is 1. The molecule has 210 valence electrons. The van der Waals surface area contributed by atoms with Crippen molar-refractivity contribution in [2.45, 2.75) is 173 Å². The summed E-state index contributed by atoms with van der Waals surface area (Å²) in [6.07, 6.45) is 19.4. The van der Waals surface area contributed by atoms with Gasteiger partial charge in [-0.15, -0.1) is 0 Å². The fraction of sp³-hybridized carbons (Fsp3) is 0.933. The Labute approximate surface area is 219 Å². The molecule has 0 unspecified atom stereocenters. The van der Waals surface area contributed by atoms with Gasteiger partial charge in [-0.3, -0.25) is 4.79 Å². The van der Waals surface area contributed by atoms with Crippen LogP contribution in [0.5, 0.6) is 0 Å². The molecule has 0 aliphatic carbocycles. The topological polar surface area (TPSA) is 93.1 Å². The average molecular weight is 511 g/mol. The van der Waals surface area contributed by atoms with Crippen LogP contribution < -0.4 is 0 Å². The third kappa shape index (κ3) is 12.5. The van der Waals surface area contributed by atoms with Crippen LogP contribution in [-0.2, 0) is 19.1 Å². The van der Waals surface area contributed by atoms with Crippen molar-refractivity contribution in [3.05, 3.63) is 0 Å². The molecule has 2 heterocycles. The first-order valence-corrected chi connectivity index (χ1v) is 15.1. The monoisotopic (exact) mass is 510 g/mol. The Morgan fingerprint density at radius 3 is 1.86 bits per heavy atom. The van der Waals surface area contributed by atoms with Crippen LogP contribution in [0.4, 0.5) is 0 Å². The van der Waals surface area contributed by atoms with E-state index >= 15 is 0 Å². The number of aliphatic hydroxyl groups is 2. The first kappa shape index (κ1) is 31.2. The Hall–Kier alpha value is -0.980. The number of Topliss-reactive ketones (excluding diaryl/α,β-unsaturated/α-hetero) is 1. The Kier molecular flexibility index (Phi) is 15.9. The number of esters is 1. The van der Waals surface area contributed by atoms with Crippen LogP contribution in [0.25, 0.3) is 0 Å². The van der Waals surface area contributed by atoms with Gasteiger partial charge in [0.1, 0.15) is 11.9 Å². The largest absolute Gasteiger partial charge is 0.462 e. The number of unbranched alkanes of at least 4 members (excludes halogenated alkanes) is 11. The molecule has 0 aromatic rings. The molecule has 6 atom stereocenters. The normalized spacial score (nSPS) is 25.7. The maximum atomic E-state index is 11.8. The van der Waals surface area contributed by atoms with Gasteiger partial charge in [-0.25, -0.2) is 0 Å². The van der Waals surface area contributed by atoms with Gasteiger partial charge in [0.15, 0.2) is 0 Å². The van der Waals surface area contributed by atoms with Crippen molar-refractivity contribution >= 4 is 11.8 Å². The van der Waals surface area contributed by atoms with Crippen LogP contribution >= 0.6 is 0 Å². The Bertz CT molecular complexity index is 608. The van der Waals surface area contributed by atoms with Crippen molar-refractivity contribution in [3.8, 4) is 0 Å². The summed E-state index contributed by atoms with van der Waals surface area (Å²) in [7, 11) is 0. The summed E-state index contributed by atoms with van der Waals surface area (Å²) < 4.78 is 11.4. The molecule has 2 aliphatic rings. The zero-order valence-electron chi connectivity index (χ0n) is 23.1. The van der Waals surface area contributed by atoms with E-state index in [4.69, 9.17) is 9.47 Å². The lowest BCUT2D eigenvalue weighted by atomic mass is 9.96. The zero-order chi connectivity index (χ0) is 26.2. The number of carbonyl (C=O) groups excluding carboxylic acids is 2. The van der Waals surface area contributed by atoms with Crippen LogP contribution in [0.15, 0.2) is 0 Å². The SMILES string of the molecule is CCCCCCCCCCC[C@@H](O)[C@H]1CC[C@H]([C@H](O)CCCCCC[C@@H]2C[C@H](CC(C)=O)C(=O)O2)O1. The standard InChI is InChI=1S/C30H54O6/c1-3-4-5-6-7-8-9-10-14-17-26(32)28-19-20-29(36-28)27(33)18-15-12-11-13-16-25-22-24(21-23(2)31)30(34)35-25/h24-29,32-33H,3-22H2,1-2H3/t24-,25+,26+,27+,28+,29+/m0/s1. The average Bonchev–Trinajstić information content (AvgIpc) is 3.47. The number of hydrogen-bond donors (Lipinski definition) is 2. The summed E-state index contributed by atoms with van der Waals surface area (Å²) in [5.41, 5.74) is 0. The van der Waals surface area contributed by atoms with Crippen LogP contribution in [0, 0.1) is 5.92 Å². The van der Waals surface area contributed by atoms with E-state index in [1.165, 1.54) is 58.3 Å². The van der Waals surface area contributed by atoms with Crippen molar-refractivity contribution in [1.82, 2.24) is 0 Å². The molecule has 2 aliphatic heterocycles. The lowest BCUT2D eigenvalue weighted by Gasteiger charge is -2.22. The molecule has 0 bridgehead atoms. The molecular weight excluding hydrogens is 456 g/mol. The first-order valence-electron chi connectivity index (χ1n) is 15.1. The summed E-state index contributed by atoms with van der Waals surface area (Å²) in [4.78, 5) is 23.1. The van der Waals surface area contributed by atoms with Gasteiger partial charge in [0.2, 0.25) is 0 Å². The molecule has 0 radical (unpaired) electrons. The van der Waals surface area contributed by atoms with Crippen LogP contribution in [0.2, 0.25) is 0 Å². The van der Waals surface area contributed by atoms with Gasteiger partial charge in [0, 0.05) is 6.42 Å². The highest BCUT2D eigenvalue weighted by atomic mass is 16.6. The van der Waals surface area contributed by atoms with E-state index in [-0.39, 0.29) is 36.0 Å². The molecule has 0 aromatic heterocycles. The van der Waals surface area contributed by atoms with Crippen LogP contribution in [-0.4, -0.2) is 52.5 Å². The van der Waals surface area contributed by atoms with Crippen LogP contribution in [0.1, 0.15) is 142 Å². The van der Waals surface area contributed by atoms with Gasteiger partial charge in [-0.05, 0) is 51.9 Å². The number of hydrogen-bond acceptors (Lipinski definition) is 6. The van der Waals surface area contributed by atoms with E-state index in [1.54, 1.807) is 0 Å². The van der Waals surface area contributed by atoms with Gasteiger partial charge < -0.3 is 24.5 Å². The molecule has 6 heteroatoms. The predicted octanol–water partition coefficient (Wildman–Crippen LogP) is 6.43. The third-order valence-electron chi connectivity index (χ3n) is 8.02. The lowest BCUT2D eigenvalue weighted by molar-refractivity contribution is -0.145. The first-order chi connectivity index (χ1) is 17.4. The van der Waals surface area contributed by atoms with Crippen molar-refractivity contribution in [3.63, 3.8) is 0 Å². The second-order valence-corrected chi connectivity index (χ2v) is 11.4. The summed E-state index contributed by atoms with van der Waals surface area (Å²) in [5.74, 6) is -0.421. The molecule has 0 saturated carbocycles. The van der Waals surface area contributed by atoms with E-state index in [0.717, 1.165) is 64.2 Å². The molecule has 0 spiro atoms. The maximum Gasteiger partial charge on any atom is 0.309 e. The predicted molar refractivity (Wildman–Crippen MR) is 143 cm³/mol. The molecule has 2 rings (SSSR count). The zero-order valence-corrected chi connectivity index (χ0v) is 23.1. The minimum atomic E-state index is -0.460. The molecule has 2 N–H and O–H groups in total. The number of rotatable bonds is 21. The number of carbonyl (C=O) groups is 2. The van der Waals surface area contributed by atoms with Crippen molar-refractivity contribution in [1.29, 1.82) is 0 Å². The Balaban J connectivity index is 1.45.